The lowest BCUT2D eigenvalue weighted by molar-refractivity contribution is -0.213. The van der Waals surface area contributed by atoms with Crippen LogP contribution in [0.5, 0.6) is 0 Å². The summed E-state index contributed by atoms with van der Waals surface area (Å²) < 4.78 is 6.28. The SMILES string of the molecule is CCCCC1(C2CNCCC2N)OCC1c1ccccc1. The van der Waals surface area contributed by atoms with Crippen LogP contribution in [0.4, 0.5) is 0 Å². The number of hydrogen-bond donors (Lipinski definition) is 2. The van der Waals surface area contributed by atoms with Gasteiger partial charge in [-0.25, -0.2) is 0 Å². The molecule has 0 aliphatic carbocycles. The maximum absolute atomic E-state index is 6.47. The van der Waals surface area contributed by atoms with Crippen LogP contribution in [0, 0.1) is 5.92 Å². The summed E-state index contributed by atoms with van der Waals surface area (Å²) in [6, 6.07) is 11.1. The number of ether oxygens (including phenoxy) is 1. The van der Waals surface area contributed by atoms with E-state index in [4.69, 9.17) is 10.5 Å². The van der Waals surface area contributed by atoms with Gasteiger partial charge in [0.25, 0.3) is 0 Å². The van der Waals surface area contributed by atoms with Crippen LogP contribution in [0.15, 0.2) is 30.3 Å². The number of rotatable bonds is 5. The predicted octanol–water partition coefficient (Wildman–Crippen LogP) is 2.67. The summed E-state index contributed by atoms with van der Waals surface area (Å²) in [6.07, 6.45) is 4.61. The van der Waals surface area contributed by atoms with E-state index in [1.807, 2.05) is 0 Å². The Morgan fingerprint density at radius 3 is 2.76 bits per heavy atom. The second kappa shape index (κ2) is 6.47. The summed E-state index contributed by atoms with van der Waals surface area (Å²) in [7, 11) is 0. The first kappa shape index (κ1) is 15.0. The highest BCUT2D eigenvalue weighted by Gasteiger charge is 2.55. The molecule has 3 heteroatoms. The zero-order valence-corrected chi connectivity index (χ0v) is 13.1. The molecular weight excluding hydrogens is 260 g/mol. The Bertz CT molecular complexity index is 450. The molecule has 0 bridgehead atoms. The van der Waals surface area contributed by atoms with E-state index in [9.17, 15) is 0 Å². The fourth-order valence-electron chi connectivity index (χ4n) is 4.11. The molecular formula is C18H28N2O. The van der Waals surface area contributed by atoms with Gasteiger partial charge in [-0.3, -0.25) is 0 Å². The fourth-order valence-corrected chi connectivity index (χ4v) is 4.11. The van der Waals surface area contributed by atoms with Gasteiger partial charge in [0.05, 0.1) is 12.2 Å². The third-order valence-electron chi connectivity index (χ3n) is 5.39. The Kier molecular flexibility index (Phi) is 4.63. The van der Waals surface area contributed by atoms with Crippen LogP contribution in [0.2, 0.25) is 0 Å². The zero-order valence-electron chi connectivity index (χ0n) is 13.1. The van der Waals surface area contributed by atoms with Crippen molar-refractivity contribution >= 4 is 0 Å². The van der Waals surface area contributed by atoms with E-state index < -0.39 is 0 Å². The molecule has 3 nitrogen and oxygen atoms in total. The molecule has 4 unspecified atom stereocenters. The van der Waals surface area contributed by atoms with Gasteiger partial charge in [-0.1, -0.05) is 50.1 Å². The lowest BCUT2D eigenvalue weighted by atomic mass is 9.64. The van der Waals surface area contributed by atoms with Crippen molar-refractivity contribution < 1.29 is 4.74 Å². The topological polar surface area (TPSA) is 47.3 Å². The van der Waals surface area contributed by atoms with E-state index in [0.29, 0.717) is 11.8 Å². The van der Waals surface area contributed by atoms with Crippen molar-refractivity contribution in [3.63, 3.8) is 0 Å². The molecule has 3 N–H and O–H groups in total. The molecule has 0 aromatic heterocycles. The quantitative estimate of drug-likeness (QED) is 0.875. The van der Waals surface area contributed by atoms with Gasteiger partial charge in [-0.05, 0) is 24.9 Å². The first-order chi connectivity index (χ1) is 10.3. The summed E-state index contributed by atoms with van der Waals surface area (Å²) in [5, 5.41) is 3.53. The molecule has 1 aromatic rings. The van der Waals surface area contributed by atoms with Gasteiger partial charge in [0.2, 0.25) is 0 Å². The maximum atomic E-state index is 6.47. The van der Waals surface area contributed by atoms with Gasteiger partial charge >= 0.3 is 0 Å². The largest absolute Gasteiger partial charge is 0.373 e. The van der Waals surface area contributed by atoms with Crippen LogP contribution >= 0.6 is 0 Å². The van der Waals surface area contributed by atoms with Crippen molar-refractivity contribution in [1.29, 1.82) is 0 Å². The Hall–Kier alpha value is -0.900. The van der Waals surface area contributed by atoms with Crippen molar-refractivity contribution in [2.75, 3.05) is 19.7 Å². The van der Waals surface area contributed by atoms with Crippen molar-refractivity contribution in [3.8, 4) is 0 Å². The Morgan fingerprint density at radius 2 is 2.14 bits per heavy atom. The summed E-state index contributed by atoms with van der Waals surface area (Å²) in [5.74, 6) is 0.929. The number of hydrogen-bond acceptors (Lipinski definition) is 3. The van der Waals surface area contributed by atoms with Crippen molar-refractivity contribution in [2.45, 2.75) is 50.2 Å². The van der Waals surface area contributed by atoms with Crippen molar-refractivity contribution in [3.05, 3.63) is 35.9 Å². The number of piperidine rings is 1. The minimum absolute atomic E-state index is 0.0514. The third kappa shape index (κ3) is 2.75. The molecule has 0 radical (unpaired) electrons. The second-order valence-electron chi connectivity index (χ2n) is 6.60. The highest BCUT2D eigenvalue weighted by atomic mass is 16.5. The zero-order chi connectivity index (χ0) is 14.7. The number of benzene rings is 1. The minimum Gasteiger partial charge on any atom is -0.373 e. The lowest BCUT2D eigenvalue weighted by Gasteiger charge is -2.57. The highest BCUT2D eigenvalue weighted by Crippen LogP contribution is 2.50. The molecule has 4 atom stereocenters. The standard InChI is InChI=1S/C18H28N2O/c1-2-3-10-18(15-12-20-11-9-17(15)19)16(13-21-18)14-7-5-4-6-8-14/h4-8,15-17,20H,2-3,9-13,19H2,1H3. The smallest absolute Gasteiger partial charge is 0.0828 e. The maximum Gasteiger partial charge on any atom is 0.0828 e. The van der Waals surface area contributed by atoms with E-state index >= 15 is 0 Å². The van der Waals surface area contributed by atoms with E-state index in [1.54, 1.807) is 0 Å². The molecule has 0 amide bonds. The van der Waals surface area contributed by atoms with E-state index in [2.05, 4.69) is 42.6 Å². The third-order valence-corrected chi connectivity index (χ3v) is 5.39. The molecule has 2 fully saturated rings. The lowest BCUT2D eigenvalue weighted by Crippen LogP contribution is -2.65. The summed E-state index contributed by atoms with van der Waals surface area (Å²) in [5.41, 5.74) is 7.83. The van der Waals surface area contributed by atoms with Gasteiger partial charge in [-0.15, -0.1) is 0 Å². The fraction of sp³-hybridized carbons (Fsp3) is 0.667. The van der Waals surface area contributed by atoms with Crippen LogP contribution in [-0.2, 0) is 4.74 Å². The van der Waals surface area contributed by atoms with Crippen LogP contribution in [0.25, 0.3) is 0 Å². The highest BCUT2D eigenvalue weighted by molar-refractivity contribution is 5.27. The monoisotopic (exact) mass is 288 g/mol. The molecule has 2 aliphatic heterocycles. The summed E-state index contributed by atoms with van der Waals surface area (Å²) in [6.45, 7) is 5.13. The molecule has 21 heavy (non-hydrogen) atoms. The van der Waals surface area contributed by atoms with E-state index in [-0.39, 0.29) is 11.6 Å². The summed E-state index contributed by atoms with van der Waals surface area (Å²) in [4.78, 5) is 0. The first-order valence-corrected chi connectivity index (χ1v) is 8.43. The normalized spacial score (nSPS) is 36.2. The Labute approximate surface area is 128 Å². The van der Waals surface area contributed by atoms with Gasteiger partial charge in [0.15, 0.2) is 0 Å². The van der Waals surface area contributed by atoms with Crippen LogP contribution in [0.1, 0.15) is 44.1 Å². The molecule has 2 aliphatic rings. The Balaban J connectivity index is 1.86. The van der Waals surface area contributed by atoms with Gasteiger partial charge < -0.3 is 15.8 Å². The van der Waals surface area contributed by atoms with Gasteiger partial charge in [0, 0.05) is 24.4 Å². The molecule has 3 rings (SSSR count). The Morgan fingerprint density at radius 1 is 1.33 bits per heavy atom. The predicted molar refractivity (Wildman–Crippen MR) is 86.3 cm³/mol. The number of nitrogens with two attached hydrogens (primary N) is 1. The van der Waals surface area contributed by atoms with Crippen molar-refractivity contribution in [2.24, 2.45) is 11.7 Å². The number of unbranched alkanes of at least 4 members (excludes halogenated alkanes) is 1. The van der Waals surface area contributed by atoms with Crippen LogP contribution in [-0.4, -0.2) is 31.3 Å². The average molecular weight is 288 g/mol. The molecule has 2 heterocycles. The van der Waals surface area contributed by atoms with Crippen LogP contribution < -0.4 is 11.1 Å². The van der Waals surface area contributed by atoms with E-state index in [0.717, 1.165) is 32.5 Å². The molecule has 0 saturated carbocycles. The van der Waals surface area contributed by atoms with Gasteiger partial charge in [0.1, 0.15) is 0 Å². The van der Waals surface area contributed by atoms with Gasteiger partial charge in [-0.2, -0.15) is 0 Å². The molecule has 116 valence electrons. The minimum atomic E-state index is -0.0514. The van der Waals surface area contributed by atoms with Crippen LogP contribution in [0.3, 0.4) is 0 Å². The molecule has 0 spiro atoms. The number of nitrogens with one attached hydrogen (secondary N) is 1. The summed E-state index contributed by atoms with van der Waals surface area (Å²) >= 11 is 0. The average Bonchev–Trinajstić information content (AvgIpc) is 2.49. The van der Waals surface area contributed by atoms with E-state index in [1.165, 1.54) is 18.4 Å². The molecule has 1 aromatic carbocycles. The molecule has 2 saturated heterocycles. The second-order valence-corrected chi connectivity index (χ2v) is 6.60. The first-order valence-electron chi connectivity index (χ1n) is 8.43. The van der Waals surface area contributed by atoms with Crippen molar-refractivity contribution in [1.82, 2.24) is 5.32 Å².